The Morgan fingerprint density at radius 3 is 2.20 bits per heavy atom. The van der Waals surface area contributed by atoms with Gasteiger partial charge in [-0.15, -0.1) is 24.0 Å². The lowest BCUT2D eigenvalue weighted by Crippen LogP contribution is -2.52. The first-order chi connectivity index (χ1) is 16.4. The van der Waals surface area contributed by atoms with Gasteiger partial charge in [0.1, 0.15) is 10.4 Å². The first kappa shape index (κ1) is 26.7. The third-order valence-corrected chi connectivity index (χ3v) is 10.0. The molecule has 2 aromatic rings. The normalized spacial score (nSPS) is 20.9. The maximum Gasteiger partial charge on any atom is 0.308 e. The van der Waals surface area contributed by atoms with Gasteiger partial charge in [-0.25, -0.2) is 4.98 Å². The lowest BCUT2D eigenvalue weighted by atomic mass is 9.62. The number of rotatable bonds is 8. The van der Waals surface area contributed by atoms with E-state index in [9.17, 15) is 14.7 Å². The molecule has 1 aromatic heterocycles. The lowest BCUT2D eigenvalue weighted by Gasteiger charge is -2.42. The van der Waals surface area contributed by atoms with Crippen LogP contribution in [0.1, 0.15) is 103 Å². The molecule has 0 saturated heterocycles. The summed E-state index contributed by atoms with van der Waals surface area (Å²) in [7, 11) is 0. The Morgan fingerprint density at radius 2 is 1.66 bits per heavy atom. The van der Waals surface area contributed by atoms with Crippen LogP contribution in [0.2, 0.25) is 0 Å². The molecule has 0 radical (unpaired) electrons. The quantitative estimate of drug-likeness (QED) is 0.352. The van der Waals surface area contributed by atoms with Crippen molar-refractivity contribution in [2.45, 2.75) is 103 Å². The van der Waals surface area contributed by atoms with Crippen molar-refractivity contribution in [1.82, 2.24) is 4.98 Å². The van der Waals surface area contributed by atoms with Gasteiger partial charge in [-0.3, -0.25) is 9.59 Å². The zero-order chi connectivity index (χ0) is 25.6. The molecule has 6 heteroatoms. The summed E-state index contributed by atoms with van der Waals surface area (Å²) in [5, 5.41) is 10.9. The van der Waals surface area contributed by atoms with Gasteiger partial charge in [0.2, 0.25) is 0 Å². The number of hydrogen-bond acceptors (Lipinski definition) is 4. The van der Waals surface area contributed by atoms with E-state index in [0.717, 1.165) is 68.0 Å². The van der Waals surface area contributed by atoms with Crippen molar-refractivity contribution in [3.05, 3.63) is 28.8 Å². The number of benzene rings is 1. The Labute approximate surface area is 219 Å². The number of nitrogens with zero attached hydrogens (tertiary/aromatic N) is 1. The maximum atomic E-state index is 13.6. The third-order valence-electron chi connectivity index (χ3n) is 8.48. The zero-order valence-electron chi connectivity index (χ0n) is 21.9. The van der Waals surface area contributed by atoms with Crippen LogP contribution in [0.25, 0.3) is 10.2 Å². The highest BCUT2D eigenvalue weighted by Gasteiger charge is 2.59. The molecule has 0 bridgehead atoms. The number of carboxylic acids is 1. The Bertz CT molecular complexity index is 1090. The number of thiol groups is 1. The number of hydrogen-bond donors (Lipinski definition) is 2. The summed E-state index contributed by atoms with van der Waals surface area (Å²) >= 11 is 5.98. The van der Waals surface area contributed by atoms with E-state index in [-0.39, 0.29) is 27.8 Å². The van der Waals surface area contributed by atoms with E-state index in [1.807, 2.05) is 0 Å². The minimum absolute atomic E-state index is 0.00232. The van der Waals surface area contributed by atoms with Crippen LogP contribution in [0.15, 0.2) is 18.2 Å². The molecule has 1 heterocycles. The van der Waals surface area contributed by atoms with Crippen LogP contribution in [-0.4, -0.2) is 21.2 Å². The highest BCUT2D eigenvalue weighted by atomic mass is 32.1. The smallest absolute Gasteiger partial charge is 0.308 e. The Balaban J connectivity index is 1.87. The van der Waals surface area contributed by atoms with Crippen LogP contribution in [0, 0.1) is 23.2 Å². The highest BCUT2D eigenvalue weighted by Crippen LogP contribution is 2.55. The summed E-state index contributed by atoms with van der Waals surface area (Å²) in [5.74, 6) is -1.66. The van der Waals surface area contributed by atoms with Gasteiger partial charge in [0.05, 0.1) is 16.1 Å². The maximum absolute atomic E-state index is 13.6. The molecular weight excluding hydrogens is 474 g/mol. The summed E-state index contributed by atoms with van der Waals surface area (Å²) in [6.07, 6.45) is 8.61. The van der Waals surface area contributed by atoms with Gasteiger partial charge < -0.3 is 5.11 Å². The average molecular weight is 516 g/mol. The standard InChI is InChI=1S/C29H41NO3S2/c1-27(2,3)17-28(4,5)20-14-15-21-22(16-20)35-25(30-21)29(26(33)34,19-12-8-9-13-19)23(24(31)32)18-10-6-7-11-18/h14-16,18-19,23H,6-13,17H2,1-5H3,(H,31,32)(H,33,34). The fourth-order valence-corrected chi connectivity index (χ4v) is 9.17. The van der Waals surface area contributed by atoms with Gasteiger partial charge in [0.25, 0.3) is 0 Å². The van der Waals surface area contributed by atoms with Crippen molar-refractivity contribution in [2.75, 3.05) is 0 Å². The fraction of sp³-hybridized carbons (Fsp3) is 0.690. The minimum Gasteiger partial charge on any atom is -0.481 e. The molecule has 2 aliphatic rings. The van der Waals surface area contributed by atoms with Crippen LogP contribution in [0.3, 0.4) is 0 Å². The molecule has 4 nitrogen and oxygen atoms in total. The van der Waals surface area contributed by atoms with Crippen molar-refractivity contribution in [3.63, 3.8) is 0 Å². The van der Waals surface area contributed by atoms with Crippen molar-refractivity contribution in [1.29, 1.82) is 0 Å². The van der Waals surface area contributed by atoms with Crippen molar-refractivity contribution in [3.8, 4) is 0 Å². The van der Waals surface area contributed by atoms with Gasteiger partial charge in [0.15, 0.2) is 5.12 Å². The SMILES string of the molecule is CC(C)(C)CC(C)(C)c1ccc2nc(C(C(=O)S)(C3CCCC3)C(C(=O)O)C3CCCC3)sc2c1. The number of aromatic nitrogens is 1. The average Bonchev–Trinajstić information content (AvgIpc) is 3.50. The molecule has 2 fully saturated rings. The Hall–Kier alpha value is -1.40. The minimum atomic E-state index is -1.16. The van der Waals surface area contributed by atoms with Crippen LogP contribution in [0.5, 0.6) is 0 Å². The number of fused-ring (bicyclic) bond motifs is 1. The summed E-state index contributed by atoms with van der Waals surface area (Å²) in [4.78, 5) is 31.5. The second kappa shape index (κ2) is 9.81. The molecule has 4 rings (SSSR count). The molecule has 2 atom stereocenters. The van der Waals surface area contributed by atoms with Crippen LogP contribution < -0.4 is 0 Å². The van der Waals surface area contributed by atoms with E-state index in [0.29, 0.717) is 5.01 Å². The number of thiazole rings is 1. The molecule has 35 heavy (non-hydrogen) atoms. The summed E-state index contributed by atoms with van der Waals surface area (Å²) < 4.78 is 1.03. The molecule has 0 spiro atoms. The number of carboxylic acid groups (broad SMARTS) is 1. The summed E-state index contributed by atoms with van der Waals surface area (Å²) in [5.41, 5.74) is 1.14. The van der Waals surface area contributed by atoms with E-state index >= 15 is 0 Å². The van der Waals surface area contributed by atoms with E-state index < -0.39 is 17.3 Å². The van der Waals surface area contributed by atoms with E-state index in [1.54, 1.807) is 0 Å². The Kier molecular flexibility index (Phi) is 7.47. The number of aliphatic carboxylic acids is 1. The fourth-order valence-electron chi connectivity index (χ4n) is 7.35. The lowest BCUT2D eigenvalue weighted by molar-refractivity contribution is -0.151. The third kappa shape index (κ3) is 5.07. The van der Waals surface area contributed by atoms with Crippen LogP contribution in [0.4, 0.5) is 0 Å². The van der Waals surface area contributed by atoms with Gasteiger partial charge in [0, 0.05) is 0 Å². The predicted molar refractivity (Wildman–Crippen MR) is 147 cm³/mol. The van der Waals surface area contributed by atoms with E-state index in [2.05, 4.69) is 65.4 Å². The molecule has 1 N–H and O–H groups in total. The zero-order valence-corrected chi connectivity index (χ0v) is 23.6. The molecular formula is C29H41NO3S2. The molecule has 0 amide bonds. The predicted octanol–water partition coefficient (Wildman–Crippen LogP) is 7.79. The van der Waals surface area contributed by atoms with Crippen molar-refractivity contribution in [2.24, 2.45) is 23.2 Å². The van der Waals surface area contributed by atoms with E-state index in [1.165, 1.54) is 16.9 Å². The molecule has 192 valence electrons. The van der Waals surface area contributed by atoms with Crippen LogP contribution >= 0.6 is 24.0 Å². The summed E-state index contributed by atoms with van der Waals surface area (Å²) in [6, 6.07) is 6.43. The van der Waals surface area contributed by atoms with Crippen molar-refractivity contribution < 1.29 is 14.7 Å². The topological polar surface area (TPSA) is 67.3 Å². The molecule has 1 aromatic carbocycles. The number of carbonyl (C=O) groups is 2. The molecule has 2 unspecified atom stereocenters. The van der Waals surface area contributed by atoms with Gasteiger partial charge in [-0.2, -0.15) is 0 Å². The first-order valence-electron chi connectivity index (χ1n) is 13.2. The van der Waals surface area contributed by atoms with Gasteiger partial charge in [-0.05, 0) is 72.5 Å². The Morgan fingerprint density at radius 1 is 1.06 bits per heavy atom. The largest absolute Gasteiger partial charge is 0.481 e. The van der Waals surface area contributed by atoms with Gasteiger partial charge >= 0.3 is 5.97 Å². The van der Waals surface area contributed by atoms with Crippen molar-refractivity contribution >= 4 is 45.3 Å². The molecule has 2 saturated carbocycles. The monoisotopic (exact) mass is 515 g/mol. The van der Waals surface area contributed by atoms with Crippen LogP contribution in [-0.2, 0) is 20.4 Å². The van der Waals surface area contributed by atoms with E-state index in [4.69, 9.17) is 4.98 Å². The highest BCUT2D eigenvalue weighted by molar-refractivity contribution is 7.96. The first-order valence-corrected chi connectivity index (χ1v) is 14.5. The molecule has 0 aliphatic heterocycles. The molecule has 2 aliphatic carbocycles. The second-order valence-electron chi connectivity index (χ2n) is 12.8. The van der Waals surface area contributed by atoms with Gasteiger partial charge in [-0.1, -0.05) is 66.4 Å². The summed E-state index contributed by atoms with van der Waals surface area (Å²) in [6.45, 7) is 11.4. The number of carbonyl (C=O) groups excluding carboxylic acids is 1. The second-order valence-corrected chi connectivity index (χ2v) is 14.3.